The van der Waals surface area contributed by atoms with E-state index in [1.165, 1.54) is 0 Å². The molecule has 1 rings (SSSR count). The lowest BCUT2D eigenvalue weighted by atomic mass is 10.2. The van der Waals surface area contributed by atoms with Crippen LogP contribution in [0.15, 0.2) is 18.2 Å². The second kappa shape index (κ2) is 5.24. The molecule has 1 aromatic rings. The number of carbonyl (C=O) groups is 1. The molecule has 0 heterocycles. The van der Waals surface area contributed by atoms with Crippen molar-refractivity contribution in [2.75, 3.05) is 11.9 Å². The molecule has 82 valence electrons. The molecular formula is C10H11Cl2NO2. The van der Waals surface area contributed by atoms with Crippen molar-refractivity contribution in [3.63, 3.8) is 0 Å². The summed E-state index contributed by atoms with van der Waals surface area (Å²) >= 11 is 11.5. The minimum atomic E-state index is -0.831. The summed E-state index contributed by atoms with van der Waals surface area (Å²) in [4.78, 5) is 10.6. The fourth-order valence-corrected chi connectivity index (χ4v) is 1.26. The second-order valence-electron chi connectivity index (χ2n) is 3.25. The van der Waals surface area contributed by atoms with Gasteiger partial charge in [0.15, 0.2) is 0 Å². The van der Waals surface area contributed by atoms with Crippen molar-refractivity contribution >= 4 is 34.9 Å². The Morgan fingerprint density at radius 1 is 1.47 bits per heavy atom. The van der Waals surface area contributed by atoms with Gasteiger partial charge in [-0.15, -0.1) is 0 Å². The van der Waals surface area contributed by atoms with Gasteiger partial charge in [-0.3, -0.25) is 4.79 Å². The molecule has 0 aromatic heterocycles. The first-order valence-corrected chi connectivity index (χ1v) is 5.18. The molecule has 0 aliphatic heterocycles. The van der Waals surface area contributed by atoms with Gasteiger partial charge in [-0.05, 0) is 18.2 Å². The van der Waals surface area contributed by atoms with Gasteiger partial charge in [0.25, 0.3) is 0 Å². The average molecular weight is 248 g/mol. The number of rotatable bonds is 4. The zero-order valence-electron chi connectivity index (χ0n) is 8.13. The SMILES string of the molecule is CC(CNc1ccc(Cl)c(Cl)c1)C(=O)O. The molecule has 2 N–H and O–H groups in total. The minimum absolute atomic E-state index is 0.354. The van der Waals surface area contributed by atoms with E-state index in [9.17, 15) is 4.79 Å². The Labute approximate surface area is 98.0 Å². The van der Waals surface area contributed by atoms with Crippen LogP contribution in [0, 0.1) is 5.92 Å². The molecule has 0 saturated carbocycles. The van der Waals surface area contributed by atoms with Crippen molar-refractivity contribution in [3.05, 3.63) is 28.2 Å². The Balaban J connectivity index is 2.58. The fourth-order valence-electron chi connectivity index (χ4n) is 0.964. The van der Waals surface area contributed by atoms with Gasteiger partial charge in [0.05, 0.1) is 16.0 Å². The molecule has 0 spiro atoms. The van der Waals surface area contributed by atoms with Crippen LogP contribution < -0.4 is 5.32 Å². The van der Waals surface area contributed by atoms with Crippen LogP contribution in [0.1, 0.15) is 6.92 Å². The standard InChI is InChI=1S/C10H11Cl2NO2/c1-6(10(14)15)5-13-7-2-3-8(11)9(12)4-7/h2-4,6,13H,5H2,1H3,(H,14,15). The molecule has 5 heteroatoms. The van der Waals surface area contributed by atoms with E-state index in [1.807, 2.05) is 0 Å². The number of hydrogen-bond acceptors (Lipinski definition) is 2. The molecule has 0 radical (unpaired) electrons. The zero-order chi connectivity index (χ0) is 11.4. The highest BCUT2D eigenvalue weighted by Crippen LogP contribution is 2.24. The average Bonchev–Trinajstić information content (AvgIpc) is 2.19. The maximum Gasteiger partial charge on any atom is 0.308 e. The zero-order valence-corrected chi connectivity index (χ0v) is 9.64. The molecular weight excluding hydrogens is 237 g/mol. The van der Waals surface area contributed by atoms with Crippen molar-refractivity contribution < 1.29 is 9.90 Å². The topological polar surface area (TPSA) is 49.3 Å². The molecule has 0 aliphatic carbocycles. The van der Waals surface area contributed by atoms with Crippen molar-refractivity contribution in [2.45, 2.75) is 6.92 Å². The lowest BCUT2D eigenvalue weighted by Crippen LogP contribution is -2.19. The normalized spacial score (nSPS) is 12.2. The van der Waals surface area contributed by atoms with E-state index in [2.05, 4.69) is 5.32 Å². The van der Waals surface area contributed by atoms with Crippen LogP contribution in [0.25, 0.3) is 0 Å². The van der Waals surface area contributed by atoms with Gasteiger partial charge in [0, 0.05) is 12.2 Å². The van der Waals surface area contributed by atoms with Crippen LogP contribution in [-0.2, 0) is 4.79 Å². The fraction of sp³-hybridized carbons (Fsp3) is 0.300. The summed E-state index contributed by atoms with van der Waals surface area (Å²) in [5.41, 5.74) is 0.762. The Morgan fingerprint density at radius 3 is 2.67 bits per heavy atom. The van der Waals surface area contributed by atoms with Gasteiger partial charge < -0.3 is 10.4 Å². The number of hydrogen-bond donors (Lipinski definition) is 2. The summed E-state index contributed by atoms with van der Waals surface area (Å²) in [5, 5.41) is 12.6. The van der Waals surface area contributed by atoms with Gasteiger partial charge in [-0.1, -0.05) is 30.1 Å². The first kappa shape index (κ1) is 12.1. The van der Waals surface area contributed by atoms with Crippen LogP contribution in [0.3, 0.4) is 0 Å². The second-order valence-corrected chi connectivity index (χ2v) is 4.06. The maximum atomic E-state index is 10.6. The van der Waals surface area contributed by atoms with E-state index in [0.29, 0.717) is 16.6 Å². The molecule has 0 fully saturated rings. The van der Waals surface area contributed by atoms with E-state index in [0.717, 1.165) is 5.69 Å². The third-order valence-corrected chi connectivity index (χ3v) is 2.69. The molecule has 1 atom stereocenters. The van der Waals surface area contributed by atoms with Gasteiger partial charge in [0.2, 0.25) is 0 Å². The van der Waals surface area contributed by atoms with Gasteiger partial charge in [-0.25, -0.2) is 0 Å². The number of benzene rings is 1. The third kappa shape index (κ3) is 3.61. The van der Waals surface area contributed by atoms with Crippen molar-refractivity contribution in [2.24, 2.45) is 5.92 Å². The number of nitrogens with one attached hydrogen (secondary N) is 1. The molecule has 1 unspecified atom stereocenters. The van der Waals surface area contributed by atoms with Crippen molar-refractivity contribution in [1.82, 2.24) is 0 Å². The maximum absolute atomic E-state index is 10.6. The molecule has 0 saturated heterocycles. The van der Waals surface area contributed by atoms with E-state index >= 15 is 0 Å². The van der Waals surface area contributed by atoms with E-state index in [1.54, 1.807) is 25.1 Å². The highest BCUT2D eigenvalue weighted by Gasteiger charge is 2.10. The van der Waals surface area contributed by atoms with Crippen LogP contribution in [0.4, 0.5) is 5.69 Å². The predicted octanol–water partition coefficient (Wildman–Crippen LogP) is 3.13. The van der Waals surface area contributed by atoms with Crippen LogP contribution in [0.5, 0.6) is 0 Å². The Morgan fingerprint density at radius 2 is 2.13 bits per heavy atom. The van der Waals surface area contributed by atoms with Gasteiger partial charge in [-0.2, -0.15) is 0 Å². The summed E-state index contributed by atoms with van der Waals surface area (Å²) in [6.07, 6.45) is 0. The lowest BCUT2D eigenvalue weighted by molar-refractivity contribution is -0.140. The van der Waals surface area contributed by atoms with E-state index in [-0.39, 0.29) is 0 Å². The molecule has 0 amide bonds. The largest absolute Gasteiger partial charge is 0.481 e. The monoisotopic (exact) mass is 247 g/mol. The predicted molar refractivity (Wildman–Crippen MR) is 61.8 cm³/mol. The summed E-state index contributed by atoms with van der Waals surface area (Å²) in [5.74, 6) is -1.28. The number of carboxylic acids is 1. The van der Waals surface area contributed by atoms with Gasteiger partial charge in [0.1, 0.15) is 0 Å². The number of carboxylic acid groups (broad SMARTS) is 1. The molecule has 3 nitrogen and oxygen atoms in total. The van der Waals surface area contributed by atoms with E-state index < -0.39 is 11.9 Å². The Bertz CT molecular complexity index is 368. The number of halogens is 2. The number of anilines is 1. The summed E-state index contributed by atoms with van der Waals surface area (Å²) in [6.45, 7) is 1.99. The van der Waals surface area contributed by atoms with Crippen LogP contribution >= 0.6 is 23.2 Å². The highest BCUT2D eigenvalue weighted by atomic mass is 35.5. The first-order valence-electron chi connectivity index (χ1n) is 4.42. The number of aliphatic carboxylic acids is 1. The van der Waals surface area contributed by atoms with Gasteiger partial charge >= 0.3 is 5.97 Å². The molecule has 1 aromatic carbocycles. The smallest absolute Gasteiger partial charge is 0.308 e. The first-order chi connectivity index (χ1) is 7.00. The minimum Gasteiger partial charge on any atom is -0.481 e. The highest BCUT2D eigenvalue weighted by molar-refractivity contribution is 6.42. The quantitative estimate of drug-likeness (QED) is 0.860. The van der Waals surface area contributed by atoms with Crippen molar-refractivity contribution in [1.29, 1.82) is 0 Å². The van der Waals surface area contributed by atoms with E-state index in [4.69, 9.17) is 28.3 Å². The van der Waals surface area contributed by atoms with Crippen molar-refractivity contribution in [3.8, 4) is 0 Å². The molecule has 15 heavy (non-hydrogen) atoms. The summed E-state index contributed by atoms with van der Waals surface area (Å²) < 4.78 is 0. The van der Waals surface area contributed by atoms with Crippen LogP contribution in [0.2, 0.25) is 10.0 Å². The summed E-state index contributed by atoms with van der Waals surface area (Å²) in [6, 6.07) is 5.08. The third-order valence-electron chi connectivity index (χ3n) is 1.95. The summed E-state index contributed by atoms with van der Waals surface area (Å²) in [7, 11) is 0. The molecule has 0 bridgehead atoms. The Kier molecular flexibility index (Phi) is 4.24. The molecule has 0 aliphatic rings. The lowest BCUT2D eigenvalue weighted by Gasteiger charge is -2.10. The Hall–Kier alpha value is -0.930. The van der Waals surface area contributed by atoms with Crippen LogP contribution in [-0.4, -0.2) is 17.6 Å².